The Labute approximate surface area is 206 Å². The number of aromatic nitrogens is 3. The van der Waals surface area contributed by atoms with E-state index in [1.54, 1.807) is 18.1 Å². The van der Waals surface area contributed by atoms with E-state index in [9.17, 15) is 4.79 Å². The van der Waals surface area contributed by atoms with Gasteiger partial charge in [0.15, 0.2) is 5.65 Å². The van der Waals surface area contributed by atoms with Crippen molar-refractivity contribution in [1.29, 1.82) is 0 Å². The molecule has 1 aliphatic heterocycles. The van der Waals surface area contributed by atoms with E-state index < -0.39 is 0 Å². The van der Waals surface area contributed by atoms with Gasteiger partial charge in [0.25, 0.3) is 0 Å². The van der Waals surface area contributed by atoms with Gasteiger partial charge >= 0.3 is 5.97 Å². The summed E-state index contributed by atoms with van der Waals surface area (Å²) in [6.45, 7) is 1.23. The smallest absolute Gasteiger partial charge is 0.314 e. The zero-order valence-electron chi connectivity index (χ0n) is 19.0. The second kappa shape index (κ2) is 9.52. The third kappa shape index (κ3) is 4.52. The van der Waals surface area contributed by atoms with Crippen molar-refractivity contribution < 1.29 is 14.3 Å². The van der Waals surface area contributed by atoms with E-state index in [1.165, 1.54) is 0 Å². The topological polar surface area (TPSA) is 65.7 Å². The summed E-state index contributed by atoms with van der Waals surface area (Å²) in [7, 11) is 0. The Kier molecular flexibility index (Phi) is 5.94. The zero-order valence-corrected chi connectivity index (χ0v) is 19.8. The Bertz CT molecular complexity index is 1510. The molecule has 0 unspecified atom stereocenters. The molecule has 174 valence electrons. The van der Waals surface area contributed by atoms with Crippen LogP contribution >= 0.6 is 11.8 Å². The van der Waals surface area contributed by atoms with Crippen LogP contribution in [0.1, 0.15) is 12.8 Å². The Balaban J connectivity index is 1.30. The summed E-state index contributed by atoms with van der Waals surface area (Å²) in [5.41, 5.74) is 4.11. The largest absolute Gasteiger partial charge is 0.426 e. The van der Waals surface area contributed by atoms with E-state index in [1.807, 2.05) is 46.9 Å². The first-order valence-corrected chi connectivity index (χ1v) is 12.5. The lowest BCUT2D eigenvalue weighted by atomic mass is 10.0. The first-order valence-electron chi connectivity index (χ1n) is 11.6. The molecule has 1 saturated heterocycles. The minimum Gasteiger partial charge on any atom is -0.426 e. The number of nitrogens with zero attached hydrogens (tertiary/aromatic N) is 3. The molecule has 0 atom stereocenters. The molecule has 0 radical (unpaired) electrons. The molecule has 35 heavy (non-hydrogen) atoms. The monoisotopic (exact) mass is 481 g/mol. The molecule has 0 amide bonds. The summed E-state index contributed by atoms with van der Waals surface area (Å²) in [6.07, 6.45) is 3.18. The zero-order chi connectivity index (χ0) is 23.6. The maximum Gasteiger partial charge on any atom is 0.314 e. The Morgan fingerprint density at radius 3 is 2.63 bits per heavy atom. The highest BCUT2D eigenvalue weighted by atomic mass is 32.2. The summed E-state index contributed by atoms with van der Waals surface area (Å²) >= 11 is 1.63. The van der Waals surface area contributed by atoms with Gasteiger partial charge in [0.2, 0.25) is 0 Å². The highest BCUT2D eigenvalue weighted by Gasteiger charge is 2.23. The minimum absolute atomic E-state index is 0.0921. The van der Waals surface area contributed by atoms with Crippen LogP contribution in [0.2, 0.25) is 0 Å². The molecule has 6 rings (SSSR count). The number of rotatable bonds is 5. The van der Waals surface area contributed by atoms with Crippen molar-refractivity contribution in [3.8, 4) is 16.9 Å². The lowest BCUT2D eigenvalue weighted by molar-refractivity contribution is -0.142. The van der Waals surface area contributed by atoms with Gasteiger partial charge in [-0.05, 0) is 60.4 Å². The fourth-order valence-corrected chi connectivity index (χ4v) is 5.36. The third-order valence-corrected chi connectivity index (χ3v) is 7.24. The third-order valence-electron chi connectivity index (χ3n) is 6.27. The minimum atomic E-state index is -0.176. The summed E-state index contributed by atoms with van der Waals surface area (Å²) < 4.78 is 13.0. The van der Waals surface area contributed by atoms with Crippen LogP contribution in [0.25, 0.3) is 27.7 Å². The number of pyridine rings is 1. The normalized spacial score (nSPS) is 14.4. The first-order chi connectivity index (χ1) is 17.2. The lowest BCUT2D eigenvalue weighted by Crippen LogP contribution is -2.27. The summed E-state index contributed by atoms with van der Waals surface area (Å²) in [5, 5.41) is 9.56. The molecule has 0 saturated carbocycles. The average molecular weight is 482 g/mol. The van der Waals surface area contributed by atoms with Gasteiger partial charge in [-0.1, -0.05) is 54.2 Å². The van der Waals surface area contributed by atoms with E-state index in [-0.39, 0.29) is 11.9 Å². The molecular weight excluding hydrogens is 458 g/mol. The summed E-state index contributed by atoms with van der Waals surface area (Å²) in [5.74, 6) is 0.301. The molecule has 2 aromatic heterocycles. The number of hydrogen-bond donors (Lipinski definition) is 0. The van der Waals surface area contributed by atoms with Crippen molar-refractivity contribution in [1.82, 2.24) is 14.6 Å². The van der Waals surface area contributed by atoms with Crippen LogP contribution < -0.4 is 4.74 Å². The molecule has 7 heteroatoms. The van der Waals surface area contributed by atoms with Crippen LogP contribution in [0.3, 0.4) is 0 Å². The number of hydrogen-bond acceptors (Lipinski definition) is 6. The summed E-state index contributed by atoms with van der Waals surface area (Å²) in [4.78, 5) is 14.6. The molecule has 3 aromatic carbocycles. The molecule has 3 heterocycles. The Morgan fingerprint density at radius 1 is 0.943 bits per heavy atom. The van der Waals surface area contributed by atoms with Crippen molar-refractivity contribution in [2.75, 3.05) is 13.2 Å². The summed E-state index contributed by atoms with van der Waals surface area (Å²) in [6, 6.07) is 26.5. The second-order valence-electron chi connectivity index (χ2n) is 8.55. The first kappa shape index (κ1) is 21.8. The fraction of sp³-hybridized carbons (Fsp3) is 0.179. The van der Waals surface area contributed by atoms with E-state index >= 15 is 0 Å². The molecule has 0 aliphatic carbocycles. The van der Waals surface area contributed by atoms with Crippen molar-refractivity contribution in [2.24, 2.45) is 5.92 Å². The van der Waals surface area contributed by atoms with E-state index in [0.29, 0.717) is 31.8 Å². The van der Waals surface area contributed by atoms with E-state index in [0.717, 1.165) is 37.5 Å². The number of ether oxygens (including phenoxy) is 2. The van der Waals surface area contributed by atoms with Crippen LogP contribution in [0.5, 0.6) is 5.75 Å². The van der Waals surface area contributed by atoms with Crippen molar-refractivity contribution >= 4 is 34.3 Å². The molecule has 0 bridgehead atoms. The highest BCUT2D eigenvalue weighted by molar-refractivity contribution is 7.99. The van der Waals surface area contributed by atoms with Crippen LogP contribution in [0.4, 0.5) is 0 Å². The number of esters is 1. The molecule has 6 nitrogen and oxygen atoms in total. The van der Waals surface area contributed by atoms with Gasteiger partial charge in [-0.25, -0.2) is 0 Å². The van der Waals surface area contributed by atoms with Crippen LogP contribution in [-0.2, 0) is 9.53 Å². The van der Waals surface area contributed by atoms with Gasteiger partial charge in [-0.2, -0.15) is 0 Å². The van der Waals surface area contributed by atoms with Crippen molar-refractivity contribution in [3.63, 3.8) is 0 Å². The number of carbonyl (C=O) groups is 1. The van der Waals surface area contributed by atoms with Crippen molar-refractivity contribution in [2.45, 2.75) is 22.6 Å². The molecule has 1 fully saturated rings. The maximum atomic E-state index is 12.5. The molecule has 5 aromatic rings. The van der Waals surface area contributed by atoms with Gasteiger partial charge in [-0.3, -0.25) is 9.20 Å². The molecule has 1 aliphatic rings. The van der Waals surface area contributed by atoms with Crippen LogP contribution in [0.15, 0.2) is 95.0 Å². The van der Waals surface area contributed by atoms with Gasteiger partial charge in [0.05, 0.1) is 11.4 Å². The number of fused-ring (bicyclic) bond motifs is 3. The molecule has 0 N–H and O–H groups in total. The molecular formula is C28H23N3O3S. The number of benzene rings is 3. The maximum absolute atomic E-state index is 12.5. The predicted octanol–water partition coefficient (Wildman–Crippen LogP) is 6.03. The lowest BCUT2D eigenvalue weighted by Gasteiger charge is -2.20. The standard InChI is InChI=1S/C28H23N3O3S/c32-28(20-11-13-33-14-12-20)34-21-7-4-8-22(15-21)35-23-9-10-24-25(19-5-2-1-3-6-19)17-27-30-29-18-31(27)26(24)16-23/h1-10,15-18,20H,11-14H2. The van der Waals surface area contributed by atoms with Gasteiger partial charge in [-0.15, -0.1) is 10.2 Å². The van der Waals surface area contributed by atoms with Crippen LogP contribution in [-0.4, -0.2) is 33.8 Å². The SMILES string of the molecule is O=C(Oc1cccc(Sc2ccc3c(-c4ccccc4)cc4nncn4c3c2)c1)C1CCOCC1. The molecule has 0 spiro atoms. The average Bonchev–Trinajstić information content (AvgIpc) is 3.39. The van der Waals surface area contributed by atoms with Gasteiger partial charge in [0, 0.05) is 28.4 Å². The Morgan fingerprint density at radius 2 is 1.77 bits per heavy atom. The van der Waals surface area contributed by atoms with Crippen LogP contribution in [0, 0.1) is 5.92 Å². The predicted molar refractivity (Wildman–Crippen MR) is 136 cm³/mol. The van der Waals surface area contributed by atoms with E-state index in [2.05, 4.69) is 46.6 Å². The second-order valence-corrected chi connectivity index (χ2v) is 9.69. The van der Waals surface area contributed by atoms with Gasteiger partial charge < -0.3 is 9.47 Å². The fourth-order valence-electron chi connectivity index (χ4n) is 4.46. The quantitative estimate of drug-likeness (QED) is 0.225. The van der Waals surface area contributed by atoms with Crippen molar-refractivity contribution in [3.05, 3.63) is 85.2 Å². The highest BCUT2D eigenvalue weighted by Crippen LogP contribution is 2.36. The van der Waals surface area contributed by atoms with Gasteiger partial charge in [0.1, 0.15) is 12.1 Å². The Hall–Kier alpha value is -3.68. The number of carbonyl (C=O) groups excluding carboxylic acids is 1. The van der Waals surface area contributed by atoms with E-state index in [4.69, 9.17) is 9.47 Å².